The Morgan fingerprint density at radius 1 is 1.20 bits per heavy atom. The maximum Gasteiger partial charge on any atom is 0.137 e. The molecule has 0 aliphatic heterocycles. The lowest BCUT2D eigenvalue weighted by atomic mass is 9.80. The number of aromatic nitrogens is 1. The molecular formula is C16H29N3O. The molecule has 1 rings (SSSR count). The summed E-state index contributed by atoms with van der Waals surface area (Å²) in [7, 11) is 1.66. The van der Waals surface area contributed by atoms with E-state index in [0.29, 0.717) is 0 Å². The van der Waals surface area contributed by atoms with Gasteiger partial charge in [-0.3, -0.25) is 9.88 Å². The molecule has 0 saturated heterocycles. The smallest absolute Gasteiger partial charge is 0.137 e. The van der Waals surface area contributed by atoms with E-state index in [9.17, 15) is 0 Å². The largest absolute Gasteiger partial charge is 0.495 e. The van der Waals surface area contributed by atoms with Crippen LogP contribution in [0.1, 0.15) is 52.1 Å². The fraction of sp³-hybridized carbons (Fsp3) is 0.688. The molecule has 0 aliphatic rings. The monoisotopic (exact) mass is 279 g/mol. The van der Waals surface area contributed by atoms with E-state index in [-0.39, 0.29) is 11.6 Å². The lowest BCUT2D eigenvalue weighted by Gasteiger charge is -2.46. The number of ether oxygens (including phenoxy) is 1. The van der Waals surface area contributed by atoms with Crippen molar-refractivity contribution in [3.05, 3.63) is 24.0 Å². The summed E-state index contributed by atoms with van der Waals surface area (Å²) in [5.41, 5.74) is 7.65. The van der Waals surface area contributed by atoms with Gasteiger partial charge in [-0.1, -0.05) is 27.7 Å². The number of nitrogens with zero attached hydrogens (tertiary/aromatic N) is 2. The van der Waals surface area contributed by atoms with Gasteiger partial charge in [-0.2, -0.15) is 0 Å². The predicted molar refractivity (Wildman–Crippen MR) is 84.0 cm³/mol. The second-order valence-corrected chi connectivity index (χ2v) is 5.12. The fourth-order valence-corrected chi connectivity index (χ4v) is 3.21. The molecule has 0 amide bonds. The van der Waals surface area contributed by atoms with E-state index in [4.69, 9.17) is 10.5 Å². The molecule has 4 nitrogen and oxygen atoms in total. The molecular weight excluding hydrogens is 250 g/mol. The Bertz CT molecular complexity index is 400. The van der Waals surface area contributed by atoms with Crippen LogP contribution in [0.2, 0.25) is 0 Å². The van der Waals surface area contributed by atoms with Crippen LogP contribution in [-0.2, 0) is 0 Å². The van der Waals surface area contributed by atoms with Crippen molar-refractivity contribution in [1.29, 1.82) is 0 Å². The van der Waals surface area contributed by atoms with Gasteiger partial charge >= 0.3 is 0 Å². The van der Waals surface area contributed by atoms with Gasteiger partial charge in [0, 0.05) is 17.8 Å². The van der Waals surface area contributed by atoms with Gasteiger partial charge < -0.3 is 10.5 Å². The van der Waals surface area contributed by atoms with Crippen LogP contribution in [0.4, 0.5) is 0 Å². The van der Waals surface area contributed by atoms with Crippen molar-refractivity contribution < 1.29 is 4.74 Å². The molecule has 1 heterocycles. The van der Waals surface area contributed by atoms with Gasteiger partial charge in [0.1, 0.15) is 5.75 Å². The van der Waals surface area contributed by atoms with Crippen LogP contribution in [0.15, 0.2) is 18.5 Å². The molecule has 0 bridgehead atoms. The summed E-state index contributed by atoms with van der Waals surface area (Å²) in [6.07, 6.45) is 5.61. The molecule has 0 spiro atoms. The zero-order valence-electron chi connectivity index (χ0n) is 13.5. The predicted octanol–water partition coefficient (Wildman–Crippen LogP) is 2.99. The third-order valence-electron chi connectivity index (χ3n) is 4.53. The first-order chi connectivity index (χ1) is 9.59. The van der Waals surface area contributed by atoms with E-state index in [1.54, 1.807) is 13.3 Å². The van der Waals surface area contributed by atoms with Crippen molar-refractivity contribution in [2.24, 2.45) is 5.73 Å². The Hall–Kier alpha value is -1.13. The van der Waals surface area contributed by atoms with Gasteiger partial charge in [0.25, 0.3) is 0 Å². The minimum atomic E-state index is -0.0694. The molecule has 1 aromatic heterocycles. The molecule has 0 saturated carbocycles. The molecule has 0 aliphatic carbocycles. The molecule has 1 atom stereocenters. The topological polar surface area (TPSA) is 51.4 Å². The minimum absolute atomic E-state index is 0.0302. The summed E-state index contributed by atoms with van der Waals surface area (Å²) < 4.78 is 5.27. The third-order valence-corrected chi connectivity index (χ3v) is 4.53. The second kappa shape index (κ2) is 7.60. The maximum atomic E-state index is 6.63. The van der Waals surface area contributed by atoms with Crippen LogP contribution in [0.3, 0.4) is 0 Å². The van der Waals surface area contributed by atoms with Gasteiger partial charge in [-0.05, 0) is 37.6 Å². The normalized spacial score (nSPS) is 13.6. The van der Waals surface area contributed by atoms with Crippen molar-refractivity contribution in [2.75, 3.05) is 20.2 Å². The maximum absolute atomic E-state index is 6.63. The number of hydrogen-bond acceptors (Lipinski definition) is 4. The van der Waals surface area contributed by atoms with Crippen LogP contribution in [0.25, 0.3) is 0 Å². The number of hydrogen-bond donors (Lipinski definition) is 1. The van der Waals surface area contributed by atoms with Crippen molar-refractivity contribution >= 4 is 0 Å². The fourth-order valence-electron chi connectivity index (χ4n) is 3.21. The number of nitrogens with two attached hydrogens (primary N) is 1. The molecule has 4 heteroatoms. The van der Waals surface area contributed by atoms with Gasteiger partial charge in [-0.15, -0.1) is 0 Å². The van der Waals surface area contributed by atoms with Crippen molar-refractivity contribution in [1.82, 2.24) is 9.88 Å². The lowest BCUT2D eigenvalue weighted by molar-refractivity contribution is 0.0623. The Morgan fingerprint density at radius 3 is 2.25 bits per heavy atom. The molecule has 0 aromatic carbocycles. The summed E-state index contributed by atoms with van der Waals surface area (Å²) >= 11 is 0. The minimum Gasteiger partial charge on any atom is -0.495 e. The Morgan fingerprint density at radius 2 is 1.80 bits per heavy atom. The van der Waals surface area contributed by atoms with Crippen LogP contribution < -0.4 is 10.5 Å². The van der Waals surface area contributed by atoms with E-state index in [1.165, 1.54) is 0 Å². The van der Waals surface area contributed by atoms with Gasteiger partial charge in [0.2, 0.25) is 0 Å². The van der Waals surface area contributed by atoms with E-state index >= 15 is 0 Å². The van der Waals surface area contributed by atoms with E-state index in [0.717, 1.165) is 37.2 Å². The SMILES string of the molecule is CCN(CC)C(CC)(CC)C(N)c1cncc(OC)c1. The third kappa shape index (κ3) is 3.13. The van der Waals surface area contributed by atoms with Crippen LogP contribution in [0.5, 0.6) is 5.75 Å². The van der Waals surface area contributed by atoms with Crippen LogP contribution in [0, 0.1) is 0 Å². The van der Waals surface area contributed by atoms with Gasteiger partial charge in [0.15, 0.2) is 0 Å². The Labute approximate surface area is 123 Å². The second-order valence-electron chi connectivity index (χ2n) is 5.12. The summed E-state index contributed by atoms with van der Waals surface area (Å²) in [4.78, 5) is 6.72. The number of likely N-dealkylation sites (N-methyl/N-ethyl adjacent to an activating group) is 1. The highest BCUT2D eigenvalue weighted by Crippen LogP contribution is 2.36. The quantitative estimate of drug-likeness (QED) is 0.795. The molecule has 0 radical (unpaired) electrons. The molecule has 2 N–H and O–H groups in total. The summed E-state index contributed by atoms with van der Waals surface area (Å²) in [6, 6.07) is 1.93. The molecule has 114 valence electrons. The number of pyridine rings is 1. The zero-order chi connectivity index (χ0) is 15.2. The first-order valence-corrected chi connectivity index (χ1v) is 7.59. The van der Waals surface area contributed by atoms with E-state index in [2.05, 4.69) is 37.6 Å². The average Bonchev–Trinajstić information content (AvgIpc) is 2.52. The first kappa shape index (κ1) is 16.9. The summed E-state index contributed by atoms with van der Waals surface area (Å²) in [5, 5.41) is 0. The van der Waals surface area contributed by atoms with Crippen molar-refractivity contribution in [2.45, 2.75) is 52.1 Å². The van der Waals surface area contributed by atoms with E-state index < -0.39 is 0 Å². The van der Waals surface area contributed by atoms with Crippen LogP contribution in [-0.4, -0.2) is 35.6 Å². The summed E-state index contributed by atoms with van der Waals surface area (Å²) in [6.45, 7) is 10.8. The lowest BCUT2D eigenvalue weighted by Crippen LogP contribution is -2.54. The Kier molecular flexibility index (Phi) is 6.43. The average molecular weight is 279 g/mol. The van der Waals surface area contributed by atoms with Crippen molar-refractivity contribution in [3.63, 3.8) is 0 Å². The molecule has 0 fully saturated rings. The number of methoxy groups -OCH3 is 1. The molecule has 1 unspecified atom stereocenters. The molecule has 1 aromatic rings. The highest BCUT2D eigenvalue weighted by Gasteiger charge is 2.38. The van der Waals surface area contributed by atoms with Crippen LogP contribution >= 0.6 is 0 Å². The molecule has 20 heavy (non-hydrogen) atoms. The zero-order valence-corrected chi connectivity index (χ0v) is 13.5. The van der Waals surface area contributed by atoms with Crippen molar-refractivity contribution in [3.8, 4) is 5.75 Å². The van der Waals surface area contributed by atoms with Gasteiger partial charge in [0.05, 0.1) is 13.3 Å². The highest BCUT2D eigenvalue weighted by atomic mass is 16.5. The Balaban J connectivity index is 3.18. The summed E-state index contributed by atoms with van der Waals surface area (Å²) in [5.74, 6) is 0.763. The highest BCUT2D eigenvalue weighted by molar-refractivity contribution is 5.28. The standard InChI is InChI=1S/C16H29N3O/c1-6-16(7-2,19(8-3)9-4)15(17)13-10-14(20-5)12-18-11-13/h10-12,15H,6-9,17H2,1-5H3. The first-order valence-electron chi connectivity index (χ1n) is 7.59. The number of rotatable bonds is 8. The van der Waals surface area contributed by atoms with Gasteiger partial charge in [-0.25, -0.2) is 0 Å². The van der Waals surface area contributed by atoms with E-state index in [1.807, 2.05) is 12.3 Å².